The van der Waals surface area contributed by atoms with Gasteiger partial charge in [0, 0.05) is 36.1 Å². The van der Waals surface area contributed by atoms with Crippen LogP contribution in [0.4, 0.5) is 14.6 Å². The summed E-state index contributed by atoms with van der Waals surface area (Å²) in [4.78, 5) is 24.2. The Bertz CT molecular complexity index is 1180. The van der Waals surface area contributed by atoms with Crippen molar-refractivity contribution in [3.8, 4) is 0 Å². The topological polar surface area (TPSA) is 69.6 Å². The summed E-state index contributed by atoms with van der Waals surface area (Å²) in [6, 6.07) is 1.17. The Balaban J connectivity index is 2.19. The first-order valence-electron chi connectivity index (χ1n) is 10.4. The van der Waals surface area contributed by atoms with Gasteiger partial charge in [-0.25, -0.2) is 18.7 Å². The van der Waals surface area contributed by atoms with Crippen molar-refractivity contribution in [3.63, 3.8) is 0 Å². The number of aliphatic hydroxyl groups excluding tert-OH is 1. The highest BCUT2D eigenvalue weighted by Crippen LogP contribution is 2.39. The molecule has 0 unspecified atom stereocenters. The Morgan fingerprint density at radius 2 is 1.94 bits per heavy atom. The number of anilines is 1. The predicted octanol–water partition coefficient (Wildman–Crippen LogP) is 5.36. The third-order valence-electron chi connectivity index (χ3n) is 5.54. The molecule has 9 heteroatoms. The molecule has 2 atom stereocenters. The number of aromatic nitrogens is 2. The van der Waals surface area contributed by atoms with E-state index in [0.717, 1.165) is 6.08 Å². The zero-order valence-electron chi connectivity index (χ0n) is 18.6. The van der Waals surface area contributed by atoms with Crippen LogP contribution in [0.3, 0.4) is 0 Å². The minimum Gasteiger partial charge on any atom is -0.508 e. The lowest BCUT2D eigenvalue weighted by Crippen LogP contribution is -2.58. The van der Waals surface area contributed by atoms with Gasteiger partial charge < -0.3 is 14.9 Å². The van der Waals surface area contributed by atoms with Crippen LogP contribution in [0.25, 0.3) is 16.5 Å². The van der Waals surface area contributed by atoms with Crippen molar-refractivity contribution in [2.75, 3.05) is 18.0 Å². The number of hydrogen-bond acceptors (Lipinski definition) is 5. The number of fused-ring (bicyclic) bond motifs is 1. The first kappa shape index (κ1) is 24.4. The largest absolute Gasteiger partial charge is 0.508 e. The average Bonchev–Trinajstić information content (AvgIpc) is 2.75. The summed E-state index contributed by atoms with van der Waals surface area (Å²) >= 11 is 6.40. The zero-order chi connectivity index (χ0) is 24.4. The molecule has 3 rings (SSSR count). The number of carbonyl (C=O) groups excluding carboxylic acids is 1. The number of rotatable bonds is 5. The van der Waals surface area contributed by atoms with Crippen molar-refractivity contribution in [2.24, 2.45) is 0 Å². The van der Waals surface area contributed by atoms with Gasteiger partial charge in [0.05, 0.1) is 10.6 Å². The number of piperazine rings is 1. The Kier molecular flexibility index (Phi) is 7.17. The molecule has 2 aromatic rings. The van der Waals surface area contributed by atoms with Crippen LogP contribution in [-0.2, 0) is 4.79 Å². The summed E-state index contributed by atoms with van der Waals surface area (Å²) in [7, 11) is 0. The van der Waals surface area contributed by atoms with E-state index in [1.807, 2.05) is 18.7 Å². The summed E-state index contributed by atoms with van der Waals surface area (Å²) in [6.07, 6.45) is 4.98. The molecule has 1 aromatic heterocycles. The molecule has 1 amide bonds. The third-order valence-corrected chi connectivity index (χ3v) is 5.84. The highest BCUT2D eigenvalue weighted by atomic mass is 35.5. The Morgan fingerprint density at radius 3 is 2.48 bits per heavy atom. The van der Waals surface area contributed by atoms with Crippen LogP contribution in [0.15, 0.2) is 55.4 Å². The molecular formula is C24H25ClF2N4O2. The van der Waals surface area contributed by atoms with Gasteiger partial charge in [0.2, 0.25) is 5.91 Å². The zero-order valence-corrected chi connectivity index (χ0v) is 19.4. The highest BCUT2D eigenvalue weighted by molar-refractivity contribution is 6.33. The first-order valence-corrected chi connectivity index (χ1v) is 10.7. The monoisotopic (exact) mass is 474 g/mol. The second-order valence-electron chi connectivity index (χ2n) is 7.86. The van der Waals surface area contributed by atoms with Crippen LogP contribution in [0.5, 0.6) is 0 Å². The lowest BCUT2D eigenvalue weighted by atomic mass is 9.99. The Hall–Kier alpha value is -3.26. The van der Waals surface area contributed by atoms with Crippen LogP contribution in [0.2, 0.25) is 5.02 Å². The van der Waals surface area contributed by atoms with E-state index in [4.69, 9.17) is 11.6 Å². The molecule has 1 aliphatic rings. The van der Waals surface area contributed by atoms with E-state index < -0.39 is 23.0 Å². The fourth-order valence-electron chi connectivity index (χ4n) is 4.23. The molecule has 0 bridgehead atoms. The number of aliphatic hydroxyl groups is 1. The van der Waals surface area contributed by atoms with Gasteiger partial charge in [0.1, 0.15) is 29.2 Å². The standard InChI is InChI=1S/C24H25ClF2N4O2/c1-6-8-18(26)20(15(5)32)21-17(25)9-16-23(22(21)27)28-12-29-24(16)31-13(3)10-30(11-14(31)4)19(33)7-2/h6-9,12-14,32H,2,5,10-11H2,1,3-4H3/b8-6-,20-18-/t13-,14+. The van der Waals surface area contributed by atoms with E-state index in [9.17, 15) is 14.3 Å². The maximum absolute atomic E-state index is 15.7. The lowest BCUT2D eigenvalue weighted by Gasteiger charge is -2.45. The number of allylic oxidation sites excluding steroid dienone is 4. The van der Waals surface area contributed by atoms with E-state index in [1.54, 1.807) is 11.8 Å². The van der Waals surface area contributed by atoms with Crippen molar-refractivity contribution in [1.29, 1.82) is 0 Å². The Labute approximate surface area is 196 Å². The summed E-state index contributed by atoms with van der Waals surface area (Å²) in [5, 5.41) is 10.2. The molecular weight excluding hydrogens is 450 g/mol. The molecule has 0 saturated carbocycles. The van der Waals surface area contributed by atoms with Gasteiger partial charge in [0.15, 0.2) is 5.82 Å². The summed E-state index contributed by atoms with van der Waals surface area (Å²) in [6.45, 7) is 13.2. The normalized spacial score (nSPS) is 19.7. The van der Waals surface area contributed by atoms with Gasteiger partial charge in [-0.05, 0) is 39.0 Å². The number of carbonyl (C=O) groups is 1. The SMILES string of the molecule is C=CC(=O)N1C[C@@H](C)N(c2ncnc3c(F)c(/C(C(=C)O)=C(F)/C=C\C)c(Cl)cc23)[C@@H](C)C1. The molecule has 2 heterocycles. The molecule has 1 saturated heterocycles. The molecule has 0 radical (unpaired) electrons. The summed E-state index contributed by atoms with van der Waals surface area (Å²) in [5.41, 5.74) is -0.856. The molecule has 1 aromatic carbocycles. The van der Waals surface area contributed by atoms with Gasteiger partial charge in [-0.3, -0.25) is 4.79 Å². The molecule has 6 nitrogen and oxygen atoms in total. The molecule has 0 spiro atoms. The summed E-state index contributed by atoms with van der Waals surface area (Å²) < 4.78 is 30.3. The second-order valence-corrected chi connectivity index (χ2v) is 8.27. The Morgan fingerprint density at radius 1 is 1.30 bits per heavy atom. The quantitative estimate of drug-likeness (QED) is 0.359. The maximum atomic E-state index is 15.7. The third kappa shape index (κ3) is 4.48. The molecule has 1 aliphatic heterocycles. The fraction of sp³-hybridized carbons (Fsp3) is 0.292. The molecule has 174 valence electrons. The second kappa shape index (κ2) is 9.70. The average molecular weight is 475 g/mol. The number of amides is 1. The van der Waals surface area contributed by atoms with Crippen molar-refractivity contribution in [1.82, 2.24) is 14.9 Å². The van der Waals surface area contributed by atoms with Gasteiger partial charge >= 0.3 is 0 Å². The van der Waals surface area contributed by atoms with E-state index >= 15 is 4.39 Å². The van der Waals surface area contributed by atoms with Crippen LogP contribution in [0, 0.1) is 5.82 Å². The maximum Gasteiger partial charge on any atom is 0.246 e. The number of nitrogens with zero attached hydrogens (tertiary/aromatic N) is 4. The fourth-order valence-corrected chi connectivity index (χ4v) is 4.52. The molecule has 1 N–H and O–H groups in total. The van der Waals surface area contributed by atoms with Gasteiger partial charge in [-0.15, -0.1) is 0 Å². The number of hydrogen-bond donors (Lipinski definition) is 1. The first-order chi connectivity index (χ1) is 15.6. The molecule has 1 fully saturated rings. The van der Waals surface area contributed by atoms with Crippen LogP contribution in [-0.4, -0.2) is 51.1 Å². The van der Waals surface area contributed by atoms with E-state index in [-0.39, 0.29) is 34.1 Å². The van der Waals surface area contributed by atoms with E-state index in [0.29, 0.717) is 24.3 Å². The van der Waals surface area contributed by atoms with E-state index in [1.165, 1.54) is 24.5 Å². The van der Waals surface area contributed by atoms with Crippen LogP contribution >= 0.6 is 11.6 Å². The van der Waals surface area contributed by atoms with Gasteiger partial charge in [-0.1, -0.05) is 30.8 Å². The van der Waals surface area contributed by atoms with Gasteiger partial charge in [-0.2, -0.15) is 0 Å². The smallest absolute Gasteiger partial charge is 0.246 e. The number of benzene rings is 1. The highest BCUT2D eigenvalue weighted by Gasteiger charge is 2.34. The minimum atomic E-state index is -0.896. The van der Waals surface area contributed by atoms with E-state index in [2.05, 4.69) is 23.1 Å². The van der Waals surface area contributed by atoms with Crippen molar-refractivity contribution < 1.29 is 18.7 Å². The van der Waals surface area contributed by atoms with Crippen molar-refractivity contribution >= 4 is 39.8 Å². The lowest BCUT2D eigenvalue weighted by molar-refractivity contribution is -0.127. The van der Waals surface area contributed by atoms with Crippen molar-refractivity contribution in [2.45, 2.75) is 32.9 Å². The van der Waals surface area contributed by atoms with Crippen LogP contribution in [0.1, 0.15) is 26.3 Å². The summed E-state index contributed by atoms with van der Waals surface area (Å²) in [5.74, 6) is -2.16. The predicted molar refractivity (Wildman–Crippen MR) is 127 cm³/mol. The van der Waals surface area contributed by atoms with Crippen molar-refractivity contribution in [3.05, 3.63) is 71.8 Å². The molecule has 33 heavy (non-hydrogen) atoms. The molecule has 0 aliphatic carbocycles. The van der Waals surface area contributed by atoms with Crippen LogP contribution < -0.4 is 4.90 Å². The van der Waals surface area contributed by atoms with Gasteiger partial charge in [0.25, 0.3) is 0 Å². The number of halogens is 3. The minimum absolute atomic E-state index is 0.0737.